The molecule has 1 aliphatic carbocycles. The monoisotopic (exact) mass is 798 g/mol. The van der Waals surface area contributed by atoms with Gasteiger partial charge in [0.05, 0.1) is 35.2 Å². The van der Waals surface area contributed by atoms with E-state index in [0.29, 0.717) is 12.8 Å². The van der Waals surface area contributed by atoms with Gasteiger partial charge in [-0.05, 0) is 88.2 Å². The fourth-order valence-corrected chi connectivity index (χ4v) is 14.2. The van der Waals surface area contributed by atoms with Crippen LogP contribution in [0.5, 0.6) is 5.75 Å². The Morgan fingerprint density at radius 3 is 2.22 bits per heavy atom. The van der Waals surface area contributed by atoms with Gasteiger partial charge in [0, 0.05) is 12.1 Å². The average Bonchev–Trinajstić information content (AvgIpc) is 3.45. The quantitative estimate of drug-likeness (QED) is 0.0459. The second kappa shape index (κ2) is 17.0. The van der Waals surface area contributed by atoms with Crippen LogP contribution < -0.4 is 15.3 Å². The van der Waals surface area contributed by atoms with Crippen LogP contribution in [0.4, 0.5) is 11.4 Å². The predicted octanol–water partition coefficient (Wildman–Crippen LogP) is 7.84. The van der Waals surface area contributed by atoms with Gasteiger partial charge in [-0.25, -0.2) is 4.90 Å². The number of amides is 2. The van der Waals surface area contributed by atoms with E-state index in [-0.39, 0.29) is 41.5 Å². The molecule has 7 rings (SSSR count). The Kier molecular flexibility index (Phi) is 12.0. The van der Waals surface area contributed by atoms with Gasteiger partial charge in [-0.2, -0.15) is 0 Å². The van der Waals surface area contributed by atoms with Crippen LogP contribution in [0.3, 0.4) is 0 Å². The number of carbonyl (C=O) groups excluding carboxylic acids is 2. The van der Waals surface area contributed by atoms with E-state index in [1.54, 1.807) is 18.2 Å². The van der Waals surface area contributed by atoms with E-state index >= 15 is 0 Å². The molecule has 2 amide bonds. The van der Waals surface area contributed by atoms with E-state index in [1.807, 2.05) is 48.5 Å². The number of allylic oxidation sites excluding steroid dienone is 1. The molecule has 3 aliphatic rings. The number of aromatic hydroxyl groups is 1. The standard InChI is InChI=1S/C46H51BN2O8Si/c1-5-14-31(25-32-15-12-18-36(50)26-32)23-24-41-42-33(30-56-58(46(2,3)4,37-19-8-6-9-20-37)38-21-10-7-11-22-38)27-39-43(40(42)29-47(53)57-41)45(52)48(44(39)51)34-16-13-17-35(28-34)49(54)55/h6-13,15-22,25-26,28,39-41,43,50,53H,5,14,23-24,27,29-30H2,1-4H3/b31-25+/t39-,40+,41-,43-/m1/s1. The number of benzene rings is 4. The predicted molar refractivity (Wildman–Crippen MR) is 229 cm³/mol. The second-order valence-corrected chi connectivity index (χ2v) is 21.0. The van der Waals surface area contributed by atoms with Crippen molar-refractivity contribution < 1.29 is 33.7 Å². The molecule has 2 aliphatic heterocycles. The highest BCUT2D eigenvalue weighted by molar-refractivity contribution is 6.99. The zero-order valence-electron chi connectivity index (χ0n) is 33.5. The van der Waals surface area contributed by atoms with Crippen molar-refractivity contribution in [3.8, 4) is 5.75 Å². The number of non-ortho nitro benzene ring substituents is 1. The number of phenolic OH excluding ortho intramolecular Hbond substituents is 1. The number of rotatable bonds is 13. The lowest BCUT2D eigenvalue weighted by atomic mass is 9.58. The summed E-state index contributed by atoms with van der Waals surface area (Å²) < 4.78 is 13.9. The number of hydrogen-bond donors (Lipinski definition) is 2. The minimum absolute atomic E-state index is 0.123. The van der Waals surface area contributed by atoms with Crippen molar-refractivity contribution in [3.05, 3.63) is 142 Å². The van der Waals surface area contributed by atoms with Crippen molar-refractivity contribution in [2.75, 3.05) is 11.5 Å². The number of carbonyl (C=O) groups is 2. The third-order valence-corrected chi connectivity index (χ3v) is 17.0. The number of nitro groups is 1. The Morgan fingerprint density at radius 2 is 1.60 bits per heavy atom. The summed E-state index contributed by atoms with van der Waals surface area (Å²) >= 11 is 0. The van der Waals surface area contributed by atoms with Crippen molar-refractivity contribution in [1.82, 2.24) is 0 Å². The van der Waals surface area contributed by atoms with E-state index in [0.717, 1.165) is 50.4 Å². The minimum atomic E-state index is -3.05. The fourth-order valence-electron chi connectivity index (χ4n) is 9.61. The minimum Gasteiger partial charge on any atom is -0.508 e. The van der Waals surface area contributed by atoms with Gasteiger partial charge in [0.2, 0.25) is 11.8 Å². The lowest BCUT2D eigenvalue weighted by Gasteiger charge is -2.46. The summed E-state index contributed by atoms with van der Waals surface area (Å²) in [4.78, 5) is 41.3. The molecule has 0 radical (unpaired) electrons. The van der Waals surface area contributed by atoms with E-state index < -0.39 is 56.0 Å². The first-order chi connectivity index (χ1) is 27.8. The first kappa shape index (κ1) is 41.0. The van der Waals surface area contributed by atoms with Crippen LogP contribution in [0, 0.1) is 27.9 Å². The Hall–Kier alpha value is -5.14. The smallest absolute Gasteiger partial charge is 0.455 e. The maximum absolute atomic E-state index is 14.5. The molecule has 10 nitrogen and oxygen atoms in total. The molecule has 0 aromatic heterocycles. The van der Waals surface area contributed by atoms with Crippen molar-refractivity contribution in [3.63, 3.8) is 0 Å². The van der Waals surface area contributed by atoms with Gasteiger partial charge in [-0.3, -0.25) is 19.7 Å². The highest BCUT2D eigenvalue weighted by Gasteiger charge is 2.58. The highest BCUT2D eigenvalue weighted by atomic mass is 28.4. The van der Waals surface area contributed by atoms with E-state index in [4.69, 9.17) is 9.08 Å². The Morgan fingerprint density at radius 1 is 0.931 bits per heavy atom. The van der Waals surface area contributed by atoms with Gasteiger partial charge in [0.25, 0.3) is 14.0 Å². The van der Waals surface area contributed by atoms with Crippen LogP contribution in [0.2, 0.25) is 11.4 Å². The lowest BCUT2D eigenvalue weighted by molar-refractivity contribution is -0.384. The molecule has 0 spiro atoms. The molecular formula is C46H51BN2O8Si. The van der Waals surface area contributed by atoms with Crippen LogP contribution in [-0.2, 0) is 18.7 Å². The lowest BCUT2D eigenvalue weighted by Crippen LogP contribution is -2.66. The van der Waals surface area contributed by atoms with Gasteiger partial charge < -0.3 is 19.2 Å². The molecule has 4 atom stereocenters. The van der Waals surface area contributed by atoms with Crippen molar-refractivity contribution >= 4 is 55.1 Å². The molecule has 0 saturated carbocycles. The fraction of sp³-hybridized carbons (Fsp3) is 0.348. The number of imide groups is 1. The molecular weight excluding hydrogens is 747 g/mol. The van der Waals surface area contributed by atoms with Crippen LogP contribution in [0.25, 0.3) is 6.08 Å². The maximum Gasteiger partial charge on any atom is 0.455 e. The number of anilines is 1. The maximum atomic E-state index is 14.5. The molecule has 0 bridgehead atoms. The van der Waals surface area contributed by atoms with Gasteiger partial charge in [-0.1, -0.05) is 125 Å². The van der Waals surface area contributed by atoms with Crippen molar-refractivity contribution in [1.29, 1.82) is 0 Å². The number of nitrogens with zero attached hydrogens (tertiary/aromatic N) is 2. The molecule has 2 saturated heterocycles. The molecule has 2 fully saturated rings. The Bertz CT molecular complexity index is 2180. The zero-order valence-corrected chi connectivity index (χ0v) is 34.5. The largest absolute Gasteiger partial charge is 0.508 e. The van der Waals surface area contributed by atoms with E-state index in [2.05, 4.69) is 58.0 Å². The molecule has 4 aromatic carbocycles. The topological polar surface area (TPSA) is 139 Å². The van der Waals surface area contributed by atoms with Crippen molar-refractivity contribution in [2.45, 2.75) is 77.3 Å². The highest BCUT2D eigenvalue weighted by Crippen LogP contribution is 2.52. The third-order valence-electron chi connectivity index (χ3n) is 12.0. The second-order valence-electron chi connectivity index (χ2n) is 16.7. The van der Waals surface area contributed by atoms with Crippen LogP contribution >= 0.6 is 0 Å². The SMILES string of the molecule is CCC/C(=C\c1cccc(O)c1)CC[C@H]1OB(O)C[C@H]2C1=C(CO[Si](c1ccccc1)(c1ccccc1)C(C)(C)C)C[C@H]1C(=O)N(c3cccc([N+](=O)[O-])c3)C(=O)[C@H]12. The summed E-state index contributed by atoms with van der Waals surface area (Å²) in [6, 6.07) is 33.5. The molecule has 2 N–H and O–H groups in total. The van der Waals surface area contributed by atoms with Gasteiger partial charge in [-0.15, -0.1) is 0 Å². The molecule has 2 heterocycles. The number of phenols is 1. The Balaban J connectivity index is 1.32. The van der Waals surface area contributed by atoms with Gasteiger partial charge in [0.15, 0.2) is 0 Å². The van der Waals surface area contributed by atoms with Crippen LogP contribution in [0.1, 0.15) is 65.4 Å². The summed E-state index contributed by atoms with van der Waals surface area (Å²) in [7, 11) is -4.22. The molecule has 12 heteroatoms. The summed E-state index contributed by atoms with van der Waals surface area (Å²) in [5, 5.41) is 35.1. The van der Waals surface area contributed by atoms with Crippen LogP contribution in [0.15, 0.2) is 126 Å². The number of nitro benzene ring substituents is 1. The first-order valence-corrected chi connectivity index (χ1v) is 22.1. The average molecular weight is 799 g/mol. The number of fused-ring (bicyclic) bond motifs is 3. The Labute approximate surface area is 341 Å². The summed E-state index contributed by atoms with van der Waals surface area (Å²) in [6.07, 6.45) is 4.80. The number of hydrogen-bond acceptors (Lipinski definition) is 8. The van der Waals surface area contributed by atoms with Crippen LogP contribution in [-0.4, -0.2) is 55.0 Å². The first-order valence-electron chi connectivity index (χ1n) is 20.2. The summed E-state index contributed by atoms with van der Waals surface area (Å²) in [5.74, 6) is -2.69. The molecule has 4 aromatic rings. The van der Waals surface area contributed by atoms with Crippen molar-refractivity contribution in [2.24, 2.45) is 17.8 Å². The normalized spacial score (nSPS) is 21.3. The van der Waals surface area contributed by atoms with E-state index in [1.165, 1.54) is 18.2 Å². The summed E-state index contributed by atoms with van der Waals surface area (Å²) in [6.45, 7) is 8.95. The van der Waals surface area contributed by atoms with E-state index in [9.17, 15) is 29.8 Å². The zero-order chi connectivity index (χ0) is 41.2. The molecule has 300 valence electrons. The summed E-state index contributed by atoms with van der Waals surface area (Å²) in [5.41, 5.74) is 3.80. The van der Waals surface area contributed by atoms with Gasteiger partial charge >= 0.3 is 7.12 Å². The molecule has 58 heavy (non-hydrogen) atoms. The molecule has 0 unspecified atom stereocenters. The third kappa shape index (κ3) is 7.98. The van der Waals surface area contributed by atoms with Gasteiger partial charge in [0.1, 0.15) is 5.75 Å².